The second-order valence-corrected chi connectivity index (χ2v) is 4.17. The largest absolute Gasteiger partial charge is 0.382 e. The first kappa shape index (κ1) is 17.3. The molecule has 0 aliphatic heterocycles. The third-order valence-corrected chi connectivity index (χ3v) is 2.45. The summed E-state index contributed by atoms with van der Waals surface area (Å²) >= 11 is 0. The molecule has 0 heterocycles. The van der Waals surface area contributed by atoms with Crippen LogP contribution >= 0.6 is 0 Å². The standard InChI is InChI=1S/C15H20FNO4/c1-4-5-20-10-12-6-13(16)8-14(7-12)21-17-9-15(19-3)11-18-2/h4,6-9,15H,1,5,10-11H2,2-3H3. The van der Waals surface area contributed by atoms with Crippen LogP contribution in [0, 0.1) is 5.82 Å². The van der Waals surface area contributed by atoms with Gasteiger partial charge in [0.15, 0.2) is 5.75 Å². The van der Waals surface area contributed by atoms with Crippen LogP contribution in [0.15, 0.2) is 36.0 Å². The first-order valence-electron chi connectivity index (χ1n) is 6.40. The van der Waals surface area contributed by atoms with E-state index in [1.54, 1.807) is 19.3 Å². The van der Waals surface area contributed by atoms with Gasteiger partial charge in [0.1, 0.15) is 11.9 Å². The highest BCUT2D eigenvalue weighted by Crippen LogP contribution is 2.17. The first-order valence-corrected chi connectivity index (χ1v) is 6.40. The van der Waals surface area contributed by atoms with Gasteiger partial charge in [-0.2, -0.15) is 0 Å². The lowest BCUT2D eigenvalue weighted by molar-refractivity contribution is 0.0697. The van der Waals surface area contributed by atoms with E-state index >= 15 is 0 Å². The predicted molar refractivity (Wildman–Crippen MR) is 78.0 cm³/mol. The van der Waals surface area contributed by atoms with Crippen LogP contribution in [0.3, 0.4) is 0 Å². The van der Waals surface area contributed by atoms with Crippen molar-refractivity contribution in [3.63, 3.8) is 0 Å². The van der Waals surface area contributed by atoms with Crippen molar-refractivity contribution < 1.29 is 23.4 Å². The molecule has 6 heteroatoms. The molecule has 1 aromatic carbocycles. The molecule has 0 saturated heterocycles. The number of benzene rings is 1. The quantitative estimate of drug-likeness (QED) is 0.288. The molecule has 0 spiro atoms. The zero-order valence-electron chi connectivity index (χ0n) is 12.3. The third-order valence-electron chi connectivity index (χ3n) is 2.45. The van der Waals surface area contributed by atoms with Gasteiger partial charge in [-0.25, -0.2) is 4.39 Å². The fraction of sp³-hybridized carbons (Fsp3) is 0.400. The van der Waals surface area contributed by atoms with E-state index in [4.69, 9.17) is 19.0 Å². The molecule has 0 saturated carbocycles. The van der Waals surface area contributed by atoms with Crippen molar-refractivity contribution >= 4 is 6.21 Å². The molecule has 0 amide bonds. The molecule has 0 N–H and O–H groups in total. The maximum absolute atomic E-state index is 13.5. The SMILES string of the molecule is C=CCOCc1cc(F)cc(ON=CC(COC)OC)c1. The average molecular weight is 297 g/mol. The maximum Gasteiger partial charge on any atom is 0.161 e. The molecule has 0 fully saturated rings. The van der Waals surface area contributed by atoms with Crippen molar-refractivity contribution in [2.24, 2.45) is 5.16 Å². The summed E-state index contributed by atoms with van der Waals surface area (Å²) in [5.74, 6) is -0.129. The van der Waals surface area contributed by atoms with Crippen LogP contribution in [-0.2, 0) is 20.8 Å². The van der Waals surface area contributed by atoms with Gasteiger partial charge in [0.2, 0.25) is 0 Å². The highest BCUT2D eigenvalue weighted by Gasteiger charge is 2.04. The van der Waals surface area contributed by atoms with Gasteiger partial charge >= 0.3 is 0 Å². The van der Waals surface area contributed by atoms with Crippen LogP contribution < -0.4 is 4.84 Å². The molecule has 5 nitrogen and oxygen atoms in total. The second kappa shape index (κ2) is 10.0. The Balaban J connectivity index is 2.61. The molecule has 0 radical (unpaired) electrons. The normalized spacial score (nSPS) is 12.5. The van der Waals surface area contributed by atoms with Gasteiger partial charge in [0.25, 0.3) is 0 Å². The van der Waals surface area contributed by atoms with Crippen LogP contribution in [0.2, 0.25) is 0 Å². The number of hydrogen-bond acceptors (Lipinski definition) is 5. The summed E-state index contributed by atoms with van der Waals surface area (Å²) < 4.78 is 28.7. The minimum absolute atomic E-state index is 0.272. The van der Waals surface area contributed by atoms with Gasteiger partial charge in [0, 0.05) is 20.3 Å². The first-order chi connectivity index (χ1) is 10.2. The fourth-order valence-electron chi connectivity index (χ4n) is 1.51. The van der Waals surface area contributed by atoms with Gasteiger partial charge in [-0.05, 0) is 17.7 Å². The molecular formula is C15H20FNO4. The fourth-order valence-corrected chi connectivity index (χ4v) is 1.51. The zero-order valence-corrected chi connectivity index (χ0v) is 12.3. The number of halogens is 1. The minimum atomic E-state index is -0.417. The Hall–Kier alpha value is -1.76. The average Bonchev–Trinajstić information content (AvgIpc) is 2.46. The van der Waals surface area contributed by atoms with Gasteiger partial charge in [-0.3, -0.25) is 0 Å². The molecule has 0 aliphatic carbocycles. The Bertz CT molecular complexity index is 465. The van der Waals surface area contributed by atoms with Gasteiger partial charge < -0.3 is 19.0 Å². The van der Waals surface area contributed by atoms with Crippen LogP contribution in [0.5, 0.6) is 5.75 Å². The van der Waals surface area contributed by atoms with E-state index in [1.807, 2.05) is 0 Å². The van der Waals surface area contributed by atoms with Crippen molar-refractivity contribution in [1.29, 1.82) is 0 Å². The Labute approximate surface area is 123 Å². The van der Waals surface area contributed by atoms with E-state index in [0.29, 0.717) is 18.8 Å². The van der Waals surface area contributed by atoms with Gasteiger partial charge in [-0.1, -0.05) is 11.2 Å². The minimum Gasteiger partial charge on any atom is -0.382 e. The topological polar surface area (TPSA) is 49.3 Å². The summed E-state index contributed by atoms with van der Waals surface area (Å²) in [6.45, 7) is 4.57. The van der Waals surface area contributed by atoms with E-state index in [-0.39, 0.29) is 18.5 Å². The van der Waals surface area contributed by atoms with Gasteiger partial charge in [0.05, 0.1) is 26.0 Å². The van der Waals surface area contributed by atoms with E-state index in [0.717, 1.165) is 0 Å². The molecule has 21 heavy (non-hydrogen) atoms. The number of nitrogens with zero attached hydrogens (tertiary/aromatic N) is 1. The highest BCUT2D eigenvalue weighted by molar-refractivity contribution is 5.62. The summed E-state index contributed by atoms with van der Waals surface area (Å²) in [5.41, 5.74) is 0.655. The lowest BCUT2D eigenvalue weighted by Crippen LogP contribution is -2.19. The molecule has 1 aromatic rings. The zero-order chi connectivity index (χ0) is 15.5. The molecule has 0 bridgehead atoms. The van der Waals surface area contributed by atoms with Crippen LogP contribution in [0.4, 0.5) is 4.39 Å². The Kier molecular flexibility index (Phi) is 8.27. The number of rotatable bonds is 10. The summed E-state index contributed by atoms with van der Waals surface area (Å²) in [5, 5.41) is 3.76. The number of ether oxygens (including phenoxy) is 3. The smallest absolute Gasteiger partial charge is 0.161 e. The van der Waals surface area contributed by atoms with Crippen molar-refractivity contribution in [2.45, 2.75) is 12.7 Å². The molecule has 0 aliphatic rings. The second-order valence-electron chi connectivity index (χ2n) is 4.17. The van der Waals surface area contributed by atoms with E-state index < -0.39 is 5.82 Å². The Morgan fingerprint density at radius 1 is 1.33 bits per heavy atom. The van der Waals surface area contributed by atoms with E-state index in [9.17, 15) is 4.39 Å². The molecule has 116 valence electrons. The number of oxime groups is 1. The monoisotopic (exact) mass is 297 g/mol. The predicted octanol–water partition coefficient (Wildman–Crippen LogP) is 2.55. The number of hydrogen-bond donors (Lipinski definition) is 0. The van der Waals surface area contributed by atoms with Crippen molar-refractivity contribution in [2.75, 3.05) is 27.4 Å². The molecule has 1 atom stereocenters. The van der Waals surface area contributed by atoms with E-state index in [1.165, 1.54) is 25.5 Å². The molecule has 1 unspecified atom stereocenters. The van der Waals surface area contributed by atoms with Crippen LogP contribution in [0.25, 0.3) is 0 Å². The van der Waals surface area contributed by atoms with Gasteiger partial charge in [-0.15, -0.1) is 6.58 Å². The van der Waals surface area contributed by atoms with Crippen LogP contribution in [0.1, 0.15) is 5.56 Å². The molecule has 1 rings (SSSR count). The van der Waals surface area contributed by atoms with E-state index in [2.05, 4.69) is 11.7 Å². The molecular weight excluding hydrogens is 277 g/mol. The Morgan fingerprint density at radius 2 is 2.14 bits per heavy atom. The lowest BCUT2D eigenvalue weighted by Gasteiger charge is -2.08. The maximum atomic E-state index is 13.5. The van der Waals surface area contributed by atoms with Crippen LogP contribution in [-0.4, -0.2) is 39.8 Å². The summed E-state index contributed by atoms with van der Waals surface area (Å²) in [6.07, 6.45) is 2.75. The third kappa shape index (κ3) is 6.99. The van der Waals surface area contributed by atoms with Crippen molar-refractivity contribution in [1.82, 2.24) is 0 Å². The number of methoxy groups -OCH3 is 2. The highest BCUT2D eigenvalue weighted by atomic mass is 19.1. The van der Waals surface area contributed by atoms with Crippen molar-refractivity contribution in [3.05, 3.63) is 42.2 Å². The lowest BCUT2D eigenvalue weighted by atomic mass is 10.2. The van der Waals surface area contributed by atoms with Crippen molar-refractivity contribution in [3.8, 4) is 5.75 Å². The Morgan fingerprint density at radius 3 is 2.81 bits per heavy atom. The summed E-state index contributed by atoms with van der Waals surface area (Å²) in [7, 11) is 3.09. The molecule has 0 aromatic heterocycles. The summed E-state index contributed by atoms with van der Waals surface area (Å²) in [4.78, 5) is 5.13. The summed E-state index contributed by atoms with van der Waals surface area (Å²) in [6, 6.07) is 4.27.